The SMILES string of the molecule is C[C@@H]([C@H](O)c1ccc(NCCCCCCCCCCN)cc1)N1CCC(Cc2ccccc2)CC1. The average Bonchev–Trinajstić information content (AvgIpc) is 2.90. The van der Waals surface area contributed by atoms with Gasteiger partial charge in [-0.3, -0.25) is 4.90 Å². The molecule has 0 unspecified atom stereocenters. The van der Waals surface area contributed by atoms with Crippen LogP contribution in [0, 0.1) is 5.92 Å². The second-order valence-corrected chi connectivity index (χ2v) is 10.5. The number of aliphatic hydroxyl groups is 1. The van der Waals surface area contributed by atoms with E-state index in [1.165, 1.54) is 76.2 Å². The Kier molecular flexibility index (Phi) is 12.6. The van der Waals surface area contributed by atoms with Crippen LogP contribution in [0.25, 0.3) is 0 Å². The van der Waals surface area contributed by atoms with Gasteiger partial charge >= 0.3 is 0 Å². The lowest BCUT2D eigenvalue weighted by atomic mass is 9.89. The zero-order chi connectivity index (χ0) is 24.7. The van der Waals surface area contributed by atoms with E-state index in [4.69, 9.17) is 5.73 Å². The Morgan fingerprint density at radius 3 is 2.09 bits per heavy atom. The number of nitrogens with one attached hydrogen (secondary N) is 1. The van der Waals surface area contributed by atoms with Gasteiger partial charge in [0.15, 0.2) is 0 Å². The third-order valence-electron chi connectivity index (χ3n) is 7.76. The van der Waals surface area contributed by atoms with Crippen molar-refractivity contribution >= 4 is 5.69 Å². The summed E-state index contributed by atoms with van der Waals surface area (Å²) in [5, 5.41) is 14.6. The number of unbranched alkanes of at least 4 members (excludes halogenated alkanes) is 7. The lowest BCUT2D eigenvalue weighted by Gasteiger charge is -2.38. The quantitative estimate of drug-likeness (QED) is 0.239. The van der Waals surface area contributed by atoms with Crippen molar-refractivity contribution in [2.24, 2.45) is 11.7 Å². The number of benzene rings is 2. The number of piperidine rings is 1. The van der Waals surface area contributed by atoms with Crippen molar-refractivity contribution < 1.29 is 5.11 Å². The molecule has 0 saturated carbocycles. The van der Waals surface area contributed by atoms with Crippen LogP contribution in [0.1, 0.15) is 88.4 Å². The van der Waals surface area contributed by atoms with Crippen molar-refractivity contribution in [1.82, 2.24) is 4.90 Å². The molecule has 4 heteroatoms. The normalized spacial score (nSPS) is 16.8. The van der Waals surface area contributed by atoms with Gasteiger partial charge in [0.2, 0.25) is 0 Å². The molecule has 4 N–H and O–H groups in total. The maximum absolute atomic E-state index is 11.0. The summed E-state index contributed by atoms with van der Waals surface area (Å²) in [5.74, 6) is 0.754. The van der Waals surface area contributed by atoms with E-state index in [0.29, 0.717) is 0 Å². The second kappa shape index (κ2) is 16.0. The van der Waals surface area contributed by atoms with E-state index in [0.717, 1.165) is 43.3 Å². The third-order valence-corrected chi connectivity index (χ3v) is 7.76. The van der Waals surface area contributed by atoms with E-state index in [1.807, 2.05) is 0 Å². The van der Waals surface area contributed by atoms with E-state index >= 15 is 0 Å². The number of likely N-dealkylation sites (tertiary alicyclic amines) is 1. The number of nitrogens with zero attached hydrogens (tertiary/aromatic N) is 1. The summed E-state index contributed by atoms with van der Waals surface area (Å²) < 4.78 is 0. The third kappa shape index (κ3) is 9.95. The van der Waals surface area contributed by atoms with E-state index in [9.17, 15) is 5.11 Å². The Morgan fingerprint density at radius 2 is 1.46 bits per heavy atom. The minimum atomic E-state index is -0.445. The molecule has 1 saturated heterocycles. The van der Waals surface area contributed by atoms with Gasteiger partial charge < -0.3 is 16.2 Å². The van der Waals surface area contributed by atoms with Crippen molar-refractivity contribution in [2.75, 3.05) is 31.5 Å². The van der Waals surface area contributed by atoms with Crippen LogP contribution in [0.4, 0.5) is 5.69 Å². The summed E-state index contributed by atoms with van der Waals surface area (Å²) in [4.78, 5) is 2.47. The highest BCUT2D eigenvalue weighted by molar-refractivity contribution is 5.45. The van der Waals surface area contributed by atoms with E-state index in [1.54, 1.807) is 0 Å². The summed E-state index contributed by atoms with van der Waals surface area (Å²) in [6.45, 7) is 6.17. The Hall–Kier alpha value is -1.88. The highest BCUT2D eigenvalue weighted by Crippen LogP contribution is 2.28. The predicted molar refractivity (Wildman–Crippen MR) is 150 cm³/mol. The highest BCUT2D eigenvalue weighted by atomic mass is 16.3. The molecule has 0 amide bonds. The van der Waals surface area contributed by atoms with E-state index in [-0.39, 0.29) is 6.04 Å². The zero-order valence-electron chi connectivity index (χ0n) is 22.0. The van der Waals surface area contributed by atoms with Crippen LogP contribution < -0.4 is 11.1 Å². The fourth-order valence-electron chi connectivity index (χ4n) is 5.35. The smallest absolute Gasteiger partial charge is 0.0942 e. The van der Waals surface area contributed by atoms with Crippen LogP contribution in [0.15, 0.2) is 54.6 Å². The van der Waals surface area contributed by atoms with Gasteiger partial charge in [0, 0.05) is 18.3 Å². The van der Waals surface area contributed by atoms with E-state index in [2.05, 4.69) is 71.7 Å². The van der Waals surface area contributed by atoms with Gasteiger partial charge in [-0.15, -0.1) is 0 Å². The Balaban J connectivity index is 1.31. The molecule has 0 bridgehead atoms. The minimum Gasteiger partial charge on any atom is -0.387 e. The molecule has 1 aliphatic heterocycles. The van der Waals surface area contributed by atoms with Crippen LogP contribution in [0.2, 0.25) is 0 Å². The first-order valence-electron chi connectivity index (χ1n) is 14.2. The summed E-state index contributed by atoms with van der Waals surface area (Å²) >= 11 is 0. The fourth-order valence-corrected chi connectivity index (χ4v) is 5.35. The Labute approximate surface area is 214 Å². The summed E-state index contributed by atoms with van der Waals surface area (Å²) in [7, 11) is 0. The molecule has 0 spiro atoms. The summed E-state index contributed by atoms with van der Waals surface area (Å²) in [6.07, 6.45) is 13.5. The lowest BCUT2D eigenvalue weighted by Crippen LogP contribution is -2.43. The number of anilines is 1. The second-order valence-electron chi connectivity index (χ2n) is 10.5. The monoisotopic (exact) mass is 479 g/mol. The summed E-state index contributed by atoms with van der Waals surface area (Å²) in [5.41, 5.74) is 9.16. The fraction of sp³-hybridized carbons (Fsp3) is 0.613. The Morgan fingerprint density at radius 1 is 0.857 bits per heavy atom. The van der Waals surface area contributed by atoms with Crippen LogP contribution in [0.3, 0.4) is 0 Å². The number of aliphatic hydroxyl groups excluding tert-OH is 1. The molecule has 0 aliphatic carbocycles. The molecule has 2 aromatic carbocycles. The van der Waals surface area contributed by atoms with Crippen LogP contribution in [-0.2, 0) is 6.42 Å². The molecular weight excluding hydrogens is 430 g/mol. The van der Waals surface area contributed by atoms with Gasteiger partial charge in [-0.25, -0.2) is 0 Å². The first kappa shape index (κ1) is 27.7. The molecule has 1 fully saturated rings. The standard InChI is InChI=1S/C31H49N3O/c1-26(34-23-19-28(20-24-34)25-27-13-9-8-10-14-27)31(35)29-15-17-30(18-16-29)33-22-12-7-5-3-2-4-6-11-21-32/h8-10,13-18,26,28,31,33,35H,2-7,11-12,19-25,32H2,1H3/t26-,31-/m0/s1. The first-order valence-corrected chi connectivity index (χ1v) is 14.2. The van der Waals surface area contributed by atoms with Gasteiger partial charge in [-0.05, 0) is 87.8 Å². The van der Waals surface area contributed by atoms with Crippen molar-refractivity contribution in [3.8, 4) is 0 Å². The van der Waals surface area contributed by atoms with E-state index < -0.39 is 6.10 Å². The first-order chi connectivity index (χ1) is 17.2. The molecule has 0 radical (unpaired) electrons. The average molecular weight is 480 g/mol. The van der Waals surface area contributed by atoms with Crippen molar-refractivity contribution in [3.05, 3.63) is 65.7 Å². The van der Waals surface area contributed by atoms with Gasteiger partial charge in [-0.1, -0.05) is 81.0 Å². The largest absolute Gasteiger partial charge is 0.387 e. The molecule has 2 atom stereocenters. The van der Waals surface area contributed by atoms with Gasteiger partial charge in [0.25, 0.3) is 0 Å². The van der Waals surface area contributed by atoms with Crippen LogP contribution in [0.5, 0.6) is 0 Å². The van der Waals surface area contributed by atoms with Crippen molar-refractivity contribution in [2.45, 2.75) is 89.7 Å². The van der Waals surface area contributed by atoms with Crippen LogP contribution >= 0.6 is 0 Å². The maximum atomic E-state index is 11.0. The number of rotatable bonds is 16. The Bertz CT molecular complexity index is 787. The minimum absolute atomic E-state index is 0.141. The van der Waals surface area contributed by atoms with Crippen molar-refractivity contribution in [1.29, 1.82) is 0 Å². The highest BCUT2D eigenvalue weighted by Gasteiger charge is 2.27. The molecule has 194 valence electrons. The summed E-state index contributed by atoms with van der Waals surface area (Å²) in [6, 6.07) is 19.4. The lowest BCUT2D eigenvalue weighted by molar-refractivity contribution is 0.0373. The van der Waals surface area contributed by atoms with Gasteiger partial charge in [0.05, 0.1) is 6.10 Å². The van der Waals surface area contributed by atoms with Gasteiger partial charge in [-0.2, -0.15) is 0 Å². The topological polar surface area (TPSA) is 61.5 Å². The number of hydrogen-bond donors (Lipinski definition) is 3. The molecule has 35 heavy (non-hydrogen) atoms. The molecule has 0 aromatic heterocycles. The van der Waals surface area contributed by atoms with Gasteiger partial charge in [0.1, 0.15) is 0 Å². The molecule has 1 heterocycles. The molecule has 3 rings (SSSR count). The maximum Gasteiger partial charge on any atom is 0.0942 e. The zero-order valence-corrected chi connectivity index (χ0v) is 22.0. The van der Waals surface area contributed by atoms with Crippen LogP contribution in [-0.4, -0.2) is 42.2 Å². The number of hydrogen-bond acceptors (Lipinski definition) is 4. The number of nitrogens with two attached hydrogens (primary N) is 1. The molecular formula is C31H49N3O. The molecule has 2 aromatic rings. The molecule has 4 nitrogen and oxygen atoms in total. The molecule has 1 aliphatic rings. The predicted octanol–water partition coefficient (Wildman–Crippen LogP) is 6.55. The van der Waals surface area contributed by atoms with Crippen molar-refractivity contribution in [3.63, 3.8) is 0 Å².